The lowest BCUT2D eigenvalue weighted by molar-refractivity contribution is -0.187. The van der Waals surface area contributed by atoms with Gasteiger partial charge < -0.3 is 14.5 Å². The predicted octanol–water partition coefficient (Wildman–Crippen LogP) is 5.35. The Morgan fingerprint density at radius 2 is 1.72 bits per heavy atom. The number of halogens is 3. The van der Waals surface area contributed by atoms with Crippen molar-refractivity contribution in [1.82, 2.24) is 4.98 Å². The van der Waals surface area contributed by atoms with Gasteiger partial charge >= 0.3 is 12.0 Å². The number of hydrogen-bond donors (Lipinski definition) is 1. The molecular weight excluding hydrogens is 401 g/mol. The molecule has 0 aliphatic heterocycles. The maximum atomic E-state index is 14.1. The van der Waals surface area contributed by atoms with Gasteiger partial charge in [0.25, 0.3) is 0 Å². The molecule has 1 N–H and O–H groups in total. The number of carbonyl (C=O) groups excluding carboxylic acids is 1. The Kier molecular flexibility index (Phi) is 6.74. The summed E-state index contributed by atoms with van der Waals surface area (Å²) >= 11 is 0. The first-order valence-corrected chi connectivity index (χ1v) is 11.9. The molecule has 1 heterocycles. The Hall–Kier alpha value is -2.39. The van der Waals surface area contributed by atoms with Crippen molar-refractivity contribution in [1.29, 1.82) is 0 Å². The summed E-state index contributed by atoms with van der Waals surface area (Å²) in [6.45, 7) is 10.7. The van der Waals surface area contributed by atoms with Crippen molar-refractivity contribution < 1.29 is 27.1 Å². The Morgan fingerprint density at radius 3 is 2.31 bits per heavy atom. The minimum atomic E-state index is -4.16. The van der Waals surface area contributed by atoms with Gasteiger partial charge in [0.2, 0.25) is 0 Å². The van der Waals surface area contributed by atoms with Crippen LogP contribution in [0.2, 0.25) is 18.1 Å². The summed E-state index contributed by atoms with van der Waals surface area (Å²) in [5.74, 6) is -2.67. The maximum Gasteiger partial charge on any atom is 0.482 e. The van der Waals surface area contributed by atoms with E-state index in [1.807, 2.05) is 5.32 Å². The van der Waals surface area contributed by atoms with E-state index in [2.05, 4.69) is 43.6 Å². The molecule has 1 aromatic carbocycles. The fourth-order valence-electron chi connectivity index (χ4n) is 1.99. The fourth-order valence-corrected chi connectivity index (χ4v) is 2.93. The zero-order valence-electron chi connectivity index (χ0n) is 17.1. The van der Waals surface area contributed by atoms with Crippen LogP contribution in [-0.2, 0) is 15.8 Å². The van der Waals surface area contributed by atoms with Crippen LogP contribution in [-0.4, -0.2) is 25.3 Å². The minimum Gasteiger partial charge on any atom is -0.425 e. The largest absolute Gasteiger partial charge is 0.482 e. The zero-order chi connectivity index (χ0) is 21.9. The SMILES string of the molecule is CC(C)(C)[Si](C)(C)OCc1cccc(NC(=O)C(F)(F)Oc2ccc(F)cc2)n1. The second-order valence-electron chi connectivity index (χ2n) is 8.09. The molecule has 29 heavy (non-hydrogen) atoms. The number of carbonyl (C=O) groups is 1. The molecule has 9 heteroatoms. The molecule has 1 aromatic heterocycles. The van der Waals surface area contributed by atoms with E-state index in [4.69, 9.17) is 4.43 Å². The number of ether oxygens (including phenoxy) is 1. The van der Waals surface area contributed by atoms with Crippen molar-refractivity contribution in [3.05, 3.63) is 54.0 Å². The van der Waals surface area contributed by atoms with E-state index in [-0.39, 0.29) is 23.2 Å². The van der Waals surface area contributed by atoms with Crippen LogP contribution in [0.1, 0.15) is 26.5 Å². The van der Waals surface area contributed by atoms with E-state index in [9.17, 15) is 18.0 Å². The number of rotatable bonds is 7. The Bertz CT molecular complexity index is 853. The third-order valence-corrected chi connectivity index (χ3v) is 9.24. The molecule has 0 unspecified atom stereocenters. The van der Waals surface area contributed by atoms with Crippen molar-refractivity contribution in [2.45, 2.75) is 51.6 Å². The topological polar surface area (TPSA) is 60.5 Å². The van der Waals surface area contributed by atoms with Crippen LogP contribution in [0.15, 0.2) is 42.5 Å². The Balaban J connectivity index is 2.03. The quantitative estimate of drug-likeness (QED) is 0.606. The first-order chi connectivity index (χ1) is 13.3. The highest BCUT2D eigenvalue weighted by Crippen LogP contribution is 2.37. The number of benzene rings is 1. The molecule has 0 spiro atoms. The molecule has 0 radical (unpaired) electrons. The first-order valence-electron chi connectivity index (χ1n) is 9.04. The second-order valence-corrected chi connectivity index (χ2v) is 12.9. The average Bonchev–Trinajstić information content (AvgIpc) is 2.61. The third kappa shape index (κ3) is 6.30. The molecule has 2 aromatic rings. The molecule has 0 fully saturated rings. The van der Waals surface area contributed by atoms with Gasteiger partial charge in [0.1, 0.15) is 17.4 Å². The molecule has 0 saturated heterocycles. The number of aromatic nitrogens is 1. The van der Waals surface area contributed by atoms with Gasteiger partial charge in [-0.3, -0.25) is 4.79 Å². The molecule has 0 aliphatic carbocycles. The lowest BCUT2D eigenvalue weighted by Gasteiger charge is -2.36. The molecule has 0 atom stereocenters. The monoisotopic (exact) mass is 426 g/mol. The highest BCUT2D eigenvalue weighted by Gasteiger charge is 2.42. The number of hydrogen-bond acceptors (Lipinski definition) is 4. The standard InChI is InChI=1S/C20H25F3N2O3Si/c1-19(2,3)29(4,5)27-13-15-7-6-8-17(24-15)25-18(26)20(22,23)28-16-11-9-14(21)10-12-16/h6-12H,13H2,1-5H3,(H,24,25,26). The highest BCUT2D eigenvalue weighted by atomic mass is 28.4. The predicted molar refractivity (Wildman–Crippen MR) is 107 cm³/mol. The van der Waals surface area contributed by atoms with Crippen LogP contribution in [0, 0.1) is 5.82 Å². The summed E-state index contributed by atoms with van der Waals surface area (Å²) in [5, 5.41) is 2.05. The number of pyridine rings is 1. The third-order valence-electron chi connectivity index (χ3n) is 4.76. The Morgan fingerprint density at radius 1 is 1.10 bits per heavy atom. The Labute approximate surface area is 169 Å². The summed E-state index contributed by atoms with van der Waals surface area (Å²) < 4.78 is 51.4. The van der Waals surface area contributed by atoms with Crippen molar-refractivity contribution in [3.8, 4) is 5.75 Å². The summed E-state index contributed by atoms with van der Waals surface area (Å²) in [5.41, 5.74) is 0.510. The van der Waals surface area contributed by atoms with Crippen LogP contribution >= 0.6 is 0 Å². The van der Waals surface area contributed by atoms with E-state index >= 15 is 0 Å². The van der Waals surface area contributed by atoms with Crippen LogP contribution in [0.5, 0.6) is 5.75 Å². The van der Waals surface area contributed by atoms with Crippen molar-refractivity contribution in [2.75, 3.05) is 5.32 Å². The van der Waals surface area contributed by atoms with E-state index in [1.54, 1.807) is 12.1 Å². The number of alkyl halides is 2. The van der Waals surface area contributed by atoms with Crippen LogP contribution in [0.25, 0.3) is 0 Å². The molecule has 5 nitrogen and oxygen atoms in total. The van der Waals surface area contributed by atoms with Crippen LogP contribution in [0.4, 0.5) is 19.0 Å². The molecule has 0 bridgehead atoms. The second kappa shape index (κ2) is 8.54. The average molecular weight is 427 g/mol. The van der Waals surface area contributed by atoms with E-state index in [0.717, 1.165) is 24.3 Å². The van der Waals surface area contributed by atoms with Gasteiger partial charge in [-0.25, -0.2) is 9.37 Å². The van der Waals surface area contributed by atoms with E-state index < -0.39 is 26.2 Å². The van der Waals surface area contributed by atoms with Gasteiger partial charge in [-0.15, -0.1) is 0 Å². The van der Waals surface area contributed by atoms with Gasteiger partial charge in [-0.2, -0.15) is 8.78 Å². The normalized spacial score (nSPS) is 12.6. The molecule has 158 valence electrons. The lowest BCUT2D eigenvalue weighted by atomic mass is 10.2. The van der Waals surface area contributed by atoms with Crippen molar-refractivity contribution >= 4 is 20.0 Å². The summed E-state index contributed by atoms with van der Waals surface area (Å²) in [4.78, 5) is 16.1. The molecule has 2 rings (SSSR count). The smallest absolute Gasteiger partial charge is 0.425 e. The van der Waals surface area contributed by atoms with Crippen LogP contribution in [0.3, 0.4) is 0 Å². The van der Waals surface area contributed by atoms with E-state index in [0.29, 0.717) is 5.69 Å². The van der Waals surface area contributed by atoms with Gasteiger partial charge in [-0.05, 0) is 54.5 Å². The molecule has 0 saturated carbocycles. The number of nitrogens with one attached hydrogen (secondary N) is 1. The van der Waals surface area contributed by atoms with Gasteiger partial charge in [-0.1, -0.05) is 26.8 Å². The molecule has 1 amide bonds. The summed E-state index contributed by atoms with van der Waals surface area (Å²) in [6.07, 6.45) is -4.16. The highest BCUT2D eigenvalue weighted by molar-refractivity contribution is 6.74. The van der Waals surface area contributed by atoms with E-state index in [1.165, 1.54) is 6.07 Å². The van der Waals surface area contributed by atoms with Gasteiger partial charge in [0, 0.05) is 0 Å². The minimum absolute atomic E-state index is 0.0125. The van der Waals surface area contributed by atoms with Crippen molar-refractivity contribution in [2.24, 2.45) is 0 Å². The lowest BCUT2D eigenvalue weighted by Crippen LogP contribution is -2.40. The molecular formula is C20H25F3N2O3Si. The maximum absolute atomic E-state index is 14.1. The molecule has 0 aliphatic rings. The summed E-state index contributed by atoms with van der Waals surface area (Å²) in [7, 11) is -2.01. The van der Waals surface area contributed by atoms with Gasteiger partial charge in [0.05, 0.1) is 12.3 Å². The fraction of sp³-hybridized carbons (Fsp3) is 0.400. The zero-order valence-corrected chi connectivity index (χ0v) is 18.1. The van der Waals surface area contributed by atoms with Crippen LogP contribution < -0.4 is 10.1 Å². The number of nitrogens with zero attached hydrogens (tertiary/aromatic N) is 1. The number of anilines is 1. The van der Waals surface area contributed by atoms with Gasteiger partial charge in [0.15, 0.2) is 8.32 Å². The van der Waals surface area contributed by atoms with Crippen molar-refractivity contribution in [3.63, 3.8) is 0 Å². The number of amides is 1. The first kappa shape index (κ1) is 22.9. The summed E-state index contributed by atoms with van der Waals surface area (Å²) in [6, 6.07) is 8.60.